The Morgan fingerprint density at radius 3 is 2.87 bits per heavy atom. The molecule has 1 aromatic carbocycles. The van der Waals surface area contributed by atoms with Crippen LogP contribution in [0.1, 0.15) is 25.3 Å². The second-order valence-corrected chi connectivity index (χ2v) is 6.55. The quantitative estimate of drug-likeness (QED) is 0.611. The van der Waals surface area contributed by atoms with Crippen molar-refractivity contribution in [1.29, 1.82) is 5.26 Å². The lowest BCUT2D eigenvalue weighted by molar-refractivity contribution is -0.144. The van der Waals surface area contributed by atoms with Crippen molar-refractivity contribution < 1.29 is 14.3 Å². The Kier molecular flexibility index (Phi) is 5.56. The van der Waals surface area contributed by atoms with Gasteiger partial charge in [-0.2, -0.15) is 5.26 Å². The van der Waals surface area contributed by atoms with Crippen molar-refractivity contribution in [2.24, 2.45) is 5.92 Å². The van der Waals surface area contributed by atoms with E-state index in [4.69, 9.17) is 10.00 Å². The van der Waals surface area contributed by atoms with Gasteiger partial charge in [0.2, 0.25) is 0 Å². The van der Waals surface area contributed by atoms with Gasteiger partial charge >= 0.3 is 5.97 Å². The van der Waals surface area contributed by atoms with Crippen molar-refractivity contribution in [2.45, 2.75) is 25.3 Å². The predicted octanol–water partition coefficient (Wildman–Crippen LogP) is 2.81. The number of hydrogen-bond acceptors (Lipinski definition) is 4. The molecular formula is C17H17BrN2O3. The van der Waals surface area contributed by atoms with E-state index in [9.17, 15) is 9.59 Å². The fourth-order valence-electron chi connectivity index (χ4n) is 2.17. The van der Waals surface area contributed by atoms with E-state index in [1.807, 2.05) is 24.3 Å². The van der Waals surface area contributed by atoms with E-state index in [2.05, 4.69) is 27.3 Å². The summed E-state index contributed by atoms with van der Waals surface area (Å²) in [5.41, 5.74) is -0.0399. The zero-order chi connectivity index (χ0) is 16.9. The highest BCUT2D eigenvalue weighted by molar-refractivity contribution is 9.10. The van der Waals surface area contributed by atoms with Gasteiger partial charge in [-0.25, -0.2) is 4.79 Å². The van der Waals surface area contributed by atoms with Gasteiger partial charge in [-0.05, 0) is 49.5 Å². The topological polar surface area (TPSA) is 79.2 Å². The second kappa shape index (κ2) is 7.42. The van der Waals surface area contributed by atoms with Crippen LogP contribution in [0.25, 0.3) is 6.08 Å². The molecule has 1 fully saturated rings. The molecule has 120 valence electrons. The standard InChI is InChI=1S/C17H17BrN2O3/c1-17(11-19,13-6-7-13)20-15(21)10-23-16(22)8-5-12-3-2-4-14(18)9-12/h2-5,8-9,13H,6-7,10H2,1H3,(H,20,21)/b8-5+/t17-/m1/s1. The third-order valence-corrected chi connectivity index (χ3v) is 4.12. The molecule has 0 spiro atoms. The summed E-state index contributed by atoms with van der Waals surface area (Å²) in [6, 6.07) is 9.55. The number of benzene rings is 1. The van der Waals surface area contributed by atoms with Crippen molar-refractivity contribution in [3.8, 4) is 6.07 Å². The molecule has 1 N–H and O–H groups in total. The normalized spacial score (nSPS) is 16.4. The molecule has 1 atom stereocenters. The number of amides is 1. The number of carbonyl (C=O) groups is 2. The molecule has 1 aliphatic rings. The highest BCUT2D eigenvalue weighted by Crippen LogP contribution is 2.39. The Bertz CT molecular complexity index is 677. The number of hydrogen-bond donors (Lipinski definition) is 1. The number of ether oxygens (including phenoxy) is 1. The summed E-state index contributed by atoms with van der Waals surface area (Å²) in [5.74, 6) is -0.890. The van der Waals surface area contributed by atoms with Crippen LogP contribution >= 0.6 is 15.9 Å². The maximum atomic E-state index is 11.8. The number of carbonyl (C=O) groups excluding carboxylic acids is 2. The molecule has 1 aliphatic carbocycles. The van der Waals surface area contributed by atoms with Crippen LogP contribution in [0.5, 0.6) is 0 Å². The fraction of sp³-hybridized carbons (Fsp3) is 0.353. The Balaban J connectivity index is 1.80. The first-order valence-corrected chi connectivity index (χ1v) is 8.05. The summed E-state index contributed by atoms with van der Waals surface area (Å²) in [6.45, 7) is 1.29. The molecule has 0 unspecified atom stereocenters. The average Bonchev–Trinajstić information content (AvgIpc) is 3.36. The number of nitrogens with zero attached hydrogens (tertiary/aromatic N) is 1. The molecule has 6 heteroatoms. The molecule has 5 nitrogen and oxygen atoms in total. The molecule has 0 saturated heterocycles. The molecule has 0 bridgehead atoms. The van der Waals surface area contributed by atoms with Crippen LogP contribution < -0.4 is 5.32 Å². The van der Waals surface area contributed by atoms with E-state index >= 15 is 0 Å². The zero-order valence-corrected chi connectivity index (χ0v) is 14.3. The van der Waals surface area contributed by atoms with Crippen LogP contribution in [-0.2, 0) is 14.3 Å². The van der Waals surface area contributed by atoms with Crippen LogP contribution in [0.3, 0.4) is 0 Å². The molecule has 1 saturated carbocycles. The van der Waals surface area contributed by atoms with Gasteiger partial charge in [0.25, 0.3) is 5.91 Å². The summed E-state index contributed by atoms with van der Waals surface area (Å²) in [7, 11) is 0. The Morgan fingerprint density at radius 2 is 2.26 bits per heavy atom. The summed E-state index contributed by atoms with van der Waals surface area (Å²) in [6.07, 6.45) is 4.73. The monoisotopic (exact) mass is 376 g/mol. The lowest BCUT2D eigenvalue weighted by Gasteiger charge is -2.22. The van der Waals surface area contributed by atoms with Crippen LogP contribution in [-0.4, -0.2) is 24.0 Å². The average molecular weight is 377 g/mol. The number of nitriles is 1. The molecule has 1 aromatic rings. The minimum Gasteiger partial charge on any atom is -0.452 e. The highest BCUT2D eigenvalue weighted by atomic mass is 79.9. The van der Waals surface area contributed by atoms with Gasteiger partial charge < -0.3 is 10.1 Å². The third-order valence-electron chi connectivity index (χ3n) is 3.63. The molecule has 1 amide bonds. The first-order chi connectivity index (χ1) is 10.9. The van der Waals surface area contributed by atoms with Crippen LogP contribution in [0.2, 0.25) is 0 Å². The number of esters is 1. The Hall–Kier alpha value is -2.13. The van der Waals surface area contributed by atoms with E-state index in [0.29, 0.717) is 0 Å². The minimum absolute atomic E-state index is 0.184. The molecule has 0 aromatic heterocycles. The van der Waals surface area contributed by atoms with Crippen molar-refractivity contribution in [2.75, 3.05) is 6.61 Å². The first-order valence-electron chi connectivity index (χ1n) is 7.25. The van der Waals surface area contributed by atoms with Crippen molar-refractivity contribution in [1.82, 2.24) is 5.32 Å². The van der Waals surface area contributed by atoms with Crippen LogP contribution in [0.4, 0.5) is 0 Å². The Labute approximate surface area is 143 Å². The van der Waals surface area contributed by atoms with Crippen molar-refractivity contribution >= 4 is 33.9 Å². The van der Waals surface area contributed by atoms with Gasteiger partial charge in [0.1, 0.15) is 5.54 Å². The predicted molar refractivity (Wildman–Crippen MR) is 89.0 cm³/mol. The minimum atomic E-state index is -0.879. The third kappa shape index (κ3) is 5.22. The first kappa shape index (κ1) is 17.2. The van der Waals surface area contributed by atoms with E-state index < -0.39 is 24.0 Å². The number of rotatable bonds is 6. The summed E-state index contributed by atoms with van der Waals surface area (Å²) in [4.78, 5) is 23.4. The van der Waals surface area contributed by atoms with Crippen molar-refractivity contribution in [3.05, 3.63) is 40.4 Å². The summed E-state index contributed by atoms with van der Waals surface area (Å²) >= 11 is 3.34. The number of nitrogens with one attached hydrogen (secondary N) is 1. The maximum Gasteiger partial charge on any atom is 0.331 e. The largest absolute Gasteiger partial charge is 0.452 e. The van der Waals surface area contributed by atoms with E-state index in [0.717, 1.165) is 22.9 Å². The maximum absolute atomic E-state index is 11.8. The number of halogens is 1. The zero-order valence-electron chi connectivity index (χ0n) is 12.7. The summed E-state index contributed by atoms with van der Waals surface area (Å²) < 4.78 is 5.79. The molecule has 0 heterocycles. The fourth-order valence-corrected chi connectivity index (χ4v) is 2.58. The van der Waals surface area contributed by atoms with E-state index in [1.54, 1.807) is 13.0 Å². The SMILES string of the molecule is C[C@](C#N)(NC(=O)COC(=O)/C=C/c1cccc(Br)c1)C1CC1. The molecular weight excluding hydrogens is 360 g/mol. The van der Waals surface area contributed by atoms with Gasteiger partial charge in [0, 0.05) is 10.5 Å². The lowest BCUT2D eigenvalue weighted by Crippen LogP contribution is -2.48. The smallest absolute Gasteiger partial charge is 0.331 e. The highest BCUT2D eigenvalue weighted by Gasteiger charge is 2.43. The van der Waals surface area contributed by atoms with Gasteiger partial charge in [-0.3, -0.25) is 4.79 Å². The molecule has 2 rings (SSSR count). The van der Waals surface area contributed by atoms with Gasteiger partial charge in [-0.1, -0.05) is 28.1 Å². The molecule has 0 radical (unpaired) electrons. The van der Waals surface area contributed by atoms with Gasteiger partial charge in [0.05, 0.1) is 6.07 Å². The van der Waals surface area contributed by atoms with Crippen LogP contribution in [0.15, 0.2) is 34.8 Å². The molecule has 23 heavy (non-hydrogen) atoms. The van der Waals surface area contributed by atoms with E-state index in [-0.39, 0.29) is 5.92 Å². The summed E-state index contributed by atoms with van der Waals surface area (Å²) in [5, 5.41) is 11.8. The second-order valence-electron chi connectivity index (χ2n) is 5.63. The van der Waals surface area contributed by atoms with E-state index in [1.165, 1.54) is 6.08 Å². The van der Waals surface area contributed by atoms with Gasteiger partial charge in [-0.15, -0.1) is 0 Å². The van der Waals surface area contributed by atoms with Crippen molar-refractivity contribution in [3.63, 3.8) is 0 Å². The van der Waals surface area contributed by atoms with Gasteiger partial charge in [0.15, 0.2) is 6.61 Å². The Morgan fingerprint density at radius 1 is 1.52 bits per heavy atom. The van der Waals surface area contributed by atoms with Crippen LogP contribution in [0, 0.1) is 17.2 Å². The lowest BCUT2D eigenvalue weighted by atomic mass is 9.98. The molecule has 0 aliphatic heterocycles.